The molecule has 0 fully saturated rings. The highest BCUT2D eigenvalue weighted by molar-refractivity contribution is 7.89. The average Bonchev–Trinajstić information content (AvgIpc) is 2.60. The van der Waals surface area contributed by atoms with Crippen LogP contribution in [0.4, 0.5) is 17.6 Å². The van der Waals surface area contributed by atoms with Crippen LogP contribution in [0.5, 0.6) is 0 Å². The minimum absolute atomic E-state index is 0.151. The van der Waals surface area contributed by atoms with Gasteiger partial charge in [-0.2, -0.15) is 17.5 Å². The first-order valence-corrected chi connectivity index (χ1v) is 9.84. The summed E-state index contributed by atoms with van der Waals surface area (Å²) in [7, 11) is -3.75. The number of aryl methyl sites for hydroxylation is 1. The SMILES string of the molecule is CCN([C@H](c1ccc(Cl)cc1)C(F)(F)F)S(=O)(=O)c1cn(C)c(=O)c(C)c1F. The van der Waals surface area contributed by atoms with Gasteiger partial charge in [0, 0.05) is 24.8 Å². The molecule has 0 unspecified atom stereocenters. The van der Waals surface area contributed by atoms with E-state index in [2.05, 4.69) is 0 Å². The molecule has 154 valence electrons. The first-order valence-electron chi connectivity index (χ1n) is 8.02. The molecule has 0 aliphatic carbocycles. The summed E-state index contributed by atoms with van der Waals surface area (Å²) in [5.41, 5.74) is -1.66. The van der Waals surface area contributed by atoms with Gasteiger partial charge in [-0.25, -0.2) is 12.8 Å². The van der Waals surface area contributed by atoms with Gasteiger partial charge in [0.25, 0.3) is 5.56 Å². The van der Waals surface area contributed by atoms with Crippen LogP contribution in [-0.4, -0.2) is 30.0 Å². The highest BCUT2D eigenvalue weighted by Crippen LogP contribution is 2.41. The van der Waals surface area contributed by atoms with Crippen LogP contribution in [0.1, 0.15) is 24.1 Å². The zero-order valence-corrected chi connectivity index (χ0v) is 16.7. The van der Waals surface area contributed by atoms with Gasteiger partial charge < -0.3 is 4.57 Å². The van der Waals surface area contributed by atoms with E-state index in [-0.39, 0.29) is 14.9 Å². The largest absolute Gasteiger partial charge is 0.409 e. The molecule has 1 atom stereocenters. The molecule has 0 aliphatic heterocycles. The Hall–Kier alpha value is -1.91. The van der Waals surface area contributed by atoms with Crippen molar-refractivity contribution in [2.24, 2.45) is 7.05 Å². The minimum Gasteiger partial charge on any atom is -0.317 e. The summed E-state index contributed by atoms with van der Waals surface area (Å²) in [5, 5.41) is 0.176. The summed E-state index contributed by atoms with van der Waals surface area (Å²) < 4.78 is 82.9. The second-order valence-corrected chi connectivity index (χ2v) is 8.35. The van der Waals surface area contributed by atoms with Gasteiger partial charge in [-0.05, 0) is 24.6 Å². The highest BCUT2D eigenvalue weighted by Gasteiger charge is 2.49. The van der Waals surface area contributed by atoms with E-state index < -0.39 is 50.6 Å². The number of sulfonamides is 1. The fourth-order valence-electron chi connectivity index (χ4n) is 2.80. The second-order valence-electron chi connectivity index (χ2n) is 6.05. The fourth-order valence-corrected chi connectivity index (χ4v) is 4.70. The molecule has 5 nitrogen and oxygen atoms in total. The fraction of sp³-hybridized carbons (Fsp3) is 0.353. The van der Waals surface area contributed by atoms with Gasteiger partial charge in [-0.15, -0.1) is 0 Å². The number of alkyl halides is 3. The summed E-state index contributed by atoms with van der Waals surface area (Å²) in [6.45, 7) is 1.68. The Balaban J connectivity index is 2.73. The summed E-state index contributed by atoms with van der Waals surface area (Å²) in [5.74, 6) is -1.38. The molecule has 1 aromatic carbocycles. The summed E-state index contributed by atoms with van der Waals surface area (Å²) >= 11 is 5.71. The van der Waals surface area contributed by atoms with E-state index in [1.54, 1.807) is 0 Å². The predicted octanol–water partition coefficient (Wildman–Crippen LogP) is 3.80. The third kappa shape index (κ3) is 4.08. The van der Waals surface area contributed by atoms with E-state index >= 15 is 0 Å². The maximum Gasteiger partial charge on any atom is 0.409 e. The summed E-state index contributed by atoms with van der Waals surface area (Å²) in [4.78, 5) is 10.8. The first-order chi connectivity index (χ1) is 12.8. The van der Waals surface area contributed by atoms with E-state index in [0.717, 1.165) is 23.6 Å². The number of pyridine rings is 1. The maximum atomic E-state index is 14.5. The van der Waals surface area contributed by atoms with Crippen LogP contribution in [0.3, 0.4) is 0 Å². The molecule has 1 heterocycles. The van der Waals surface area contributed by atoms with Crippen molar-refractivity contribution in [3.8, 4) is 0 Å². The summed E-state index contributed by atoms with van der Waals surface area (Å²) in [6.07, 6.45) is -4.30. The Morgan fingerprint density at radius 1 is 1.21 bits per heavy atom. The lowest BCUT2D eigenvalue weighted by Crippen LogP contribution is -2.43. The van der Waals surface area contributed by atoms with Gasteiger partial charge in [0.05, 0.1) is 5.56 Å². The predicted molar refractivity (Wildman–Crippen MR) is 96.2 cm³/mol. The zero-order chi connectivity index (χ0) is 21.4. The number of benzene rings is 1. The van der Waals surface area contributed by atoms with Crippen molar-refractivity contribution < 1.29 is 26.0 Å². The van der Waals surface area contributed by atoms with Gasteiger partial charge in [-0.1, -0.05) is 30.7 Å². The average molecular weight is 441 g/mol. The van der Waals surface area contributed by atoms with Crippen LogP contribution < -0.4 is 5.56 Å². The first kappa shape index (κ1) is 22.4. The molecule has 11 heteroatoms. The van der Waals surface area contributed by atoms with E-state index in [0.29, 0.717) is 6.20 Å². The molecule has 0 radical (unpaired) electrons. The van der Waals surface area contributed by atoms with E-state index in [9.17, 15) is 30.8 Å². The monoisotopic (exact) mass is 440 g/mol. The minimum atomic E-state index is -4.98. The van der Waals surface area contributed by atoms with Crippen LogP contribution in [0.15, 0.2) is 40.2 Å². The lowest BCUT2D eigenvalue weighted by atomic mass is 10.1. The Morgan fingerprint density at radius 2 is 1.75 bits per heavy atom. The van der Waals surface area contributed by atoms with Gasteiger partial charge in [-0.3, -0.25) is 4.79 Å². The molecule has 0 N–H and O–H groups in total. The van der Waals surface area contributed by atoms with Crippen molar-refractivity contribution in [3.63, 3.8) is 0 Å². The van der Waals surface area contributed by atoms with Gasteiger partial charge in [0.15, 0.2) is 5.82 Å². The molecule has 2 aromatic rings. The Labute approximate surface area is 164 Å². The van der Waals surface area contributed by atoms with Crippen LogP contribution >= 0.6 is 11.6 Å². The lowest BCUT2D eigenvalue weighted by Gasteiger charge is -2.32. The van der Waals surface area contributed by atoms with Crippen LogP contribution in [0.2, 0.25) is 5.02 Å². The van der Waals surface area contributed by atoms with Crippen molar-refractivity contribution in [1.82, 2.24) is 8.87 Å². The quantitative estimate of drug-likeness (QED) is 0.664. The lowest BCUT2D eigenvalue weighted by molar-refractivity contribution is -0.173. The van der Waals surface area contributed by atoms with Crippen LogP contribution in [-0.2, 0) is 17.1 Å². The van der Waals surface area contributed by atoms with Crippen LogP contribution in [0.25, 0.3) is 0 Å². The van der Waals surface area contributed by atoms with Gasteiger partial charge in [0.2, 0.25) is 10.0 Å². The third-order valence-electron chi connectivity index (χ3n) is 4.18. The topological polar surface area (TPSA) is 59.4 Å². The maximum absolute atomic E-state index is 14.5. The normalized spacial score (nSPS) is 13.8. The van der Waals surface area contributed by atoms with E-state index in [4.69, 9.17) is 11.6 Å². The number of nitrogens with zero attached hydrogens (tertiary/aromatic N) is 2. The zero-order valence-electron chi connectivity index (χ0n) is 15.1. The molecule has 0 bridgehead atoms. The summed E-state index contributed by atoms with van der Waals surface area (Å²) in [6, 6.07) is 1.96. The van der Waals surface area contributed by atoms with Crippen molar-refractivity contribution in [2.45, 2.75) is 31.0 Å². The Bertz CT molecular complexity index is 1030. The molecule has 0 saturated heterocycles. The number of hydrogen-bond donors (Lipinski definition) is 0. The molecule has 1 aromatic heterocycles. The molecule has 0 amide bonds. The van der Waals surface area contributed by atoms with Crippen molar-refractivity contribution in [1.29, 1.82) is 0 Å². The Kier molecular flexibility index (Phi) is 6.27. The number of halogens is 5. The van der Waals surface area contributed by atoms with Crippen molar-refractivity contribution in [3.05, 3.63) is 62.8 Å². The molecule has 0 spiro atoms. The number of hydrogen-bond acceptors (Lipinski definition) is 3. The highest BCUT2D eigenvalue weighted by atomic mass is 35.5. The van der Waals surface area contributed by atoms with Crippen LogP contribution in [0, 0.1) is 12.7 Å². The van der Waals surface area contributed by atoms with Crippen molar-refractivity contribution >= 4 is 21.6 Å². The van der Waals surface area contributed by atoms with Gasteiger partial charge in [0.1, 0.15) is 10.9 Å². The Morgan fingerprint density at radius 3 is 2.21 bits per heavy atom. The van der Waals surface area contributed by atoms with E-state index in [1.807, 2.05) is 0 Å². The number of rotatable bonds is 5. The van der Waals surface area contributed by atoms with Crippen molar-refractivity contribution in [2.75, 3.05) is 6.54 Å². The molecular formula is C17H17ClF4N2O3S. The number of aromatic nitrogens is 1. The third-order valence-corrected chi connectivity index (χ3v) is 6.36. The molecule has 28 heavy (non-hydrogen) atoms. The molecule has 2 rings (SSSR count). The molecule has 0 saturated carbocycles. The molecule has 0 aliphatic rings. The second kappa shape index (κ2) is 7.84. The smallest absolute Gasteiger partial charge is 0.317 e. The molecular weight excluding hydrogens is 424 g/mol. The van der Waals surface area contributed by atoms with Gasteiger partial charge >= 0.3 is 6.18 Å². The standard InChI is InChI=1S/C17H17ClF4N2O3S/c1-4-24(15(17(20,21)22)11-5-7-12(18)8-6-11)28(26,27)13-9-23(3)16(25)10(2)14(13)19/h5-9,15H,4H2,1-3H3/t15-/m1/s1. The van der Waals surface area contributed by atoms with E-state index in [1.165, 1.54) is 26.1 Å².